The number of hydrogen-bond acceptors (Lipinski definition) is 3. The van der Waals surface area contributed by atoms with E-state index in [1.807, 2.05) is 0 Å². The van der Waals surface area contributed by atoms with Crippen LogP contribution in [0.4, 0.5) is 5.69 Å². The Labute approximate surface area is 174 Å². The summed E-state index contributed by atoms with van der Waals surface area (Å²) in [5.41, 5.74) is 5.29. The van der Waals surface area contributed by atoms with Crippen molar-refractivity contribution in [1.29, 1.82) is 0 Å². The molecule has 0 spiro atoms. The van der Waals surface area contributed by atoms with Gasteiger partial charge in [-0.1, -0.05) is 54.6 Å². The van der Waals surface area contributed by atoms with Crippen LogP contribution in [0.1, 0.15) is 44.4 Å². The van der Waals surface area contributed by atoms with Gasteiger partial charge in [0.15, 0.2) is 0 Å². The number of rotatable bonds is 4. The monoisotopic (exact) mass is 387 g/mol. The summed E-state index contributed by atoms with van der Waals surface area (Å²) in [7, 11) is -0.388. The molecule has 29 heavy (non-hydrogen) atoms. The van der Waals surface area contributed by atoms with Gasteiger partial charge in [-0.2, -0.15) is 0 Å². The highest BCUT2D eigenvalue weighted by molar-refractivity contribution is 6.65. The zero-order chi connectivity index (χ0) is 20.8. The number of anilines is 1. The fourth-order valence-corrected chi connectivity index (χ4v) is 4.01. The van der Waals surface area contributed by atoms with Crippen LogP contribution in [0.2, 0.25) is 0 Å². The minimum absolute atomic E-state index is 0.369. The lowest BCUT2D eigenvalue weighted by Crippen LogP contribution is -2.41. The molecular formula is C25H30BNO2. The number of benzene rings is 3. The van der Waals surface area contributed by atoms with E-state index < -0.39 is 0 Å². The van der Waals surface area contributed by atoms with Gasteiger partial charge in [0.05, 0.1) is 11.2 Å². The van der Waals surface area contributed by atoms with Crippen LogP contribution >= 0.6 is 0 Å². The molecule has 0 amide bonds. The summed E-state index contributed by atoms with van der Waals surface area (Å²) in [6.45, 7) is 13.4. The van der Waals surface area contributed by atoms with Crippen LogP contribution in [-0.2, 0) is 15.9 Å². The molecule has 1 heterocycles. The predicted molar refractivity (Wildman–Crippen MR) is 123 cm³/mol. The average molecular weight is 387 g/mol. The van der Waals surface area contributed by atoms with E-state index in [4.69, 9.17) is 9.31 Å². The molecule has 1 N–H and O–H groups in total. The first kappa shape index (κ1) is 20.0. The van der Waals surface area contributed by atoms with Gasteiger partial charge >= 0.3 is 7.12 Å². The third-order valence-electron chi connectivity index (χ3n) is 6.49. The summed E-state index contributed by atoms with van der Waals surface area (Å²) in [6.07, 6.45) is 0. The molecule has 0 bridgehead atoms. The minimum atomic E-state index is -0.388. The summed E-state index contributed by atoms with van der Waals surface area (Å²) < 4.78 is 12.9. The van der Waals surface area contributed by atoms with Crippen LogP contribution < -0.4 is 10.8 Å². The number of fused-ring (bicyclic) bond motifs is 1. The first-order chi connectivity index (χ1) is 13.7. The SMILES string of the molecule is Cc1cccc(C)c1NCc1ccc2ccccc2c1B1OC(C)(C)C(C)(C)O1. The minimum Gasteiger partial charge on any atom is -0.399 e. The highest BCUT2D eigenvalue weighted by atomic mass is 16.7. The first-order valence-electron chi connectivity index (χ1n) is 10.4. The molecular weight excluding hydrogens is 357 g/mol. The Bertz CT molecular complexity index is 1020. The molecule has 3 aromatic carbocycles. The predicted octanol–water partition coefficient (Wildman–Crippen LogP) is 5.37. The number of aryl methyl sites for hydroxylation is 2. The Morgan fingerprint density at radius 3 is 2.07 bits per heavy atom. The smallest absolute Gasteiger partial charge is 0.399 e. The Morgan fingerprint density at radius 1 is 0.793 bits per heavy atom. The highest BCUT2D eigenvalue weighted by Crippen LogP contribution is 2.37. The second-order valence-corrected chi connectivity index (χ2v) is 9.07. The zero-order valence-corrected chi connectivity index (χ0v) is 18.3. The molecule has 0 aromatic heterocycles. The lowest BCUT2D eigenvalue weighted by Gasteiger charge is -2.32. The van der Waals surface area contributed by atoms with Crippen molar-refractivity contribution in [1.82, 2.24) is 0 Å². The normalized spacial score (nSPS) is 17.7. The van der Waals surface area contributed by atoms with E-state index in [0.717, 1.165) is 12.0 Å². The van der Waals surface area contributed by atoms with Gasteiger partial charge in [-0.25, -0.2) is 0 Å². The number of hydrogen-bond donors (Lipinski definition) is 1. The lowest BCUT2D eigenvalue weighted by molar-refractivity contribution is 0.00578. The second kappa shape index (κ2) is 7.19. The van der Waals surface area contributed by atoms with Crippen molar-refractivity contribution in [2.45, 2.75) is 59.3 Å². The van der Waals surface area contributed by atoms with Crippen molar-refractivity contribution in [2.24, 2.45) is 0 Å². The maximum Gasteiger partial charge on any atom is 0.495 e. The van der Waals surface area contributed by atoms with Gasteiger partial charge in [0.2, 0.25) is 0 Å². The summed E-state index contributed by atoms with van der Waals surface area (Å²) in [6, 6.07) is 19.2. The van der Waals surface area contributed by atoms with E-state index in [9.17, 15) is 0 Å². The van der Waals surface area contributed by atoms with Crippen molar-refractivity contribution in [3.8, 4) is 0 Å². The molecule has 1 aliphatic rings. The summed E-state index contributed by atoms with van der Waals surface area (Å²) in [4.78, 5) is 0. The van der Waals surface area contributed by atoms with Crippen LogP contribution in [0.3, 0.4) is 0 Å². The third-order valence-corrected chi connectivity index (χ3v) is 6.49. The molecule has 150 valence electrons. The zero-order valence-electron chi connectivity index (χ0n) is 18.3. The fourth-order valence-electron chi connectivity index (χ4n) is 4.01. The second-order valence-electron chi connectivity index (χ2n) is 9.07. The van der Waals surface area contributed by atoms with Gasteiger partial charge in [-0.3, -0.25) is 0 Å². The maximum atomic E-state index is 6.45. The molecule has 4 heteroatoms. The Balaban J connectivity index is 1.76. The van der Waals surface area contributed by atoms with Gasteiger partial charge in [0.25, 0.3) is 0 Å². The quantitative estimate of drug-likeness (QED) is 0.611. The molecule has 4 rings (SSSR count). The maximum absolute atomic E-state index is 6.45. The van der Waals surface area contributed by atoms with E-state index in [2.05, 4.69) is 101 Å². The Hall–Kier alpha value is -2.30. The average Bonchev–Trinajstić information content (AvgIpc) is 2.88. The van der Waals surface area contributed by atoms with Crippen molar-refractivity contribution in [3.05, 3.63) is 71.3 Å². The van der Waals surface area contributed by atoms with Gasteiger partial charge < -0.3 is 14.6 Å². The molecule has 0 unspecified atom stereocenters. The molecule has 0 atom stereocenters. The number of nitrogens with one attached hydrogen (secondary N) is 1. The Kier molecular flexibility index (Phi) is 4.96. The van der Waals surface area contributed by atoms with E-state index in [0.29, 0.717) is 0 Å². The van der Waals surface area contributed by atoms with Crippen LogP contribution in [0.5, 0.6) is 0 Å². The van der Waals surface area contributed by atoms with E-state index in [-0.39, 0.29) is 18.3 Å². The molecule has 0 saturated carbocycles. The largest absolute Gasteiger partial charge is 0.495 e. The van der Waals surface area contributed by atoms with Crippen LogP contribution in [-0.4, -0.2) is 18.3 Å². The summed E-state index contributed by atoms with van der Waals surface area (Å²) in [5, 5.41) is 6.05. The topological polar surface area (TPSA) is 30.5 Å². The van der Waals surface area contributed by atoms with Crippen molar-refractivity contribution in [2.75, 3.05) is 5.32 Å². The molecule has 3 aromatic rings. The van der Waals surface area contributed by atoms with Crippen molar-refractivity contribution in [3.63, 3.8) is 0 Å². The molecule has 1 aliphatic heterocycles. The van der Waals surface area contributed by atoms with Gasteiger partial charge in [-0.05, 0) is 74.5 Å². The van der Waals surface area contributed by atoms with Crippen LogP contribution in [0.25, 0.3) is 10.8 Å². The van der Waals surface area contributed by atoms with Gasteiger partial charge in [0.1, 0.15) is 0 Å². The van der Waals surface area contributed by atoms with Crippen LogP contribution in [0, 0.1) is 13.8 Å². The van der Waals surface area contributed by atoms with E-state index >= 15 is 0 Å². The summed E-state index contributed by atoms with van der Waals surface area (Å²) >= 11 is 0. The van der Waals surface area contributed by atoms with Crippen molar-refractivity contribution >= 4 is 29.0 Å². The van der Waals surface area contributed by atoms with Crippen molar-refractivity contribution < 1.29 is 9.31 Å². The fraction of sp³-hybridized carbons (Fsp3) is 0.360. The molecule has 0 radical (unpaired) electrons. The molecule has 0 aliphatic carbocycles. The molecule has 3 nitrogen and oxygen atoms in total. The van der Waals surface area contributed by atoms with E-state index in [1.165, 1.54) is 33.2 Å². The molecule has 1 saturated heterocycles. The number of para-hydroxylation sites is 1. The standard InChI is InChI=1S/C25H30BNO2/c1-17-10-9-11-18(2)23(17)27-16-20-15-14-19-12-7-8-13-21(19)22(20)26-28-24(3,4)25(5,6)29-26/h7-15,27H,16H2,1-6H3. The van der Waals surface area contributed by atoms with Crippen LogP contribution in [0.15, 0.2) is 54.6 Å². The van der Waals surface area contributed by atoms with E-state index in [1.54, 1.807) is 0 Å². The third kappa shape index (κ3) is 3.56. The summed E-state index contributed by atoms with van der Waals surface area (Å²) in [5.74, 6) is 0. The highest BCUT2D eigenvalue weighted by Gasteiger charge is 2.52. The lowest BCUT2D eigenvalue weighted by atomic mass is 9.73. The van der Waals surface area contributed by atoms with Gasteiger partial charge in [-0.15, -0.1) is 0 Å². The molecule has 1 fully saturated rings. The van der Waals surface area contributed by atoms with Gasteiger partial charge in [0, 0.05) is 12.2 Å². The first-order valence-corrected chi connectivity index (χ1v) is 10.4. The Morgan fingerprint density at radius 2 is 1.41 bits per heavy atom.